The molecule has 1 unspecified atom stereocenters. The van der Waals surface area contributed by atoms with Gasteiger partial charge in [0.25, 0.3) is 0 Å². The van der Waals surface area contributed by atoms with Crippen LogP contribution in [0.1, 0.15) is 26.2 Å². The van der Waals surface area contributed by atoms with Gasteiger partial charge in [-0.1, -0.05) is 6.92 Å². The number of hydrogen-bond acceptors (Lipinski definition) is 6. The number of hydrogen-bond donors (Lipinski definition) is 4. The molecular weight excluding hydrogens is 352 g/mol. The molecule has 2 aromatic rings. The van der Waals surface area contributed by atoms with Crippen LogP contribution in [-0.2, 0) is 9.47 Å². The molecule has 0 aliphatic carbocycles. The molecular formula is C22H34N4O2. The lowest BCUT2D eigenvalue weighted by molar-refractivity contribution is 0.0998. The van der Waals surface area contributed by atoms with Crippen molar-refractivity contribution in [3.8, 4) is 0 Å². The van der Waals surface area contributed by atoms with Crippen molar-refractivity contribution in [2.75, 3.05) is 55.1 Å². The Balaban J connectivity index is 1.78. The second-order valence-electron chi connectivity index (χ2n) is 6.86. The minimum absolute atomic E-state index is 0.123. The predicted octanol–water partition coefficient (Wildman–Crippen LogP) is 3.97. The Morgan fingerprint density at radius 1 is 0.786 bits per heavy atom. The summed E-state index contributed by atoms with van der Waals surface area (Å²) in [5.74, 6) is 0. The van der Waals surface area contributed by atoms with Crippen LogP contribution < -0.4 is 22.1 Å². The Kier molecular flexibility index (Phi) is 10.0. The first-order valence-electron chi connectivity index (χ1n) is 10.0. The Hall–Kier alpha value is -2.44. The van der Waals surface area contributed by atoms with E-state index < -0.39 is 0 Å². The monoisotopic (exact) mass is 386 g/mol. The van der Waals surface area contributed by atoms with Gasteiger partial charge in [0.1, 0.15) is 0 Å². The maximum absolute atomic E-state index is 5.90. The van der Waals surface area contributed by atoms with Crippen LogP contribution in [0.15, 0.2) is 48.5 Å². The molecule has 0 heterocycles. The van der Waals surface area contributed by atoms with Gasteiger partial charge in [0.2, 0.25) is 0 Å². The molecule has 0 bridgehead atoms. The average Bonchev–Trinajstić information content (AvgIpc) is 2.70. The summed E-state index contributed by atoms with van der Waals surface area (Å²) in [5.41, 5.74) is 15.1. The molecule has 6 N–H and O–H groups in total. The molecule has 0 spiro atoms. The van der Waals surface area contributed by atoms with Gasteiger partial charge in [-0.3, -0.25) is 0 Å². The van der Waals surface area contributed by atoms with E-state index in [0.29, 0.717) is 6.61 Å². The number of anilines is 4. The van der Waals surface area contributed by atoms with Crippen molar-refractivity contribution < 1.29 is 9.47 Å². The Labute approximate surface area is 168 Å². The van der Waals surface area contributed by atoms with E-state index in [1.807, 2.05) is 48.5 Å². The van der Waals surface area contributed by atoms with E-state index in [1.54, 1.807) is 0 Å². The van der Waals surface area contributed by atoms with Crippen LogP contribution in [0.4, 0.5) is 22.7 Å². The third-order valence-electron chi connectivity index (χ3n) is 4.24. The molecule has 0 saturated heterocycles. The van der Waals surface area contributed by atoms with E-state index in [0.717, 1.165) is 68.4 Å². The number of nitrogen functional groups attached to an aromatic ring is 2. The predicted molar refractivity (Wildman–Crippen MR) is 119 cm³/mol. The zero-order valence-electron chi connectivity index (χ0n) is 16.8. The van der Waals surface area contributed by atoms with Crippen LogP contribution in [-0.4, -0.2) is 39.0 Å². The zero-order chi connectivity index (χ0) is 20.0. The zero-order valence-corrected chi connectivity index (χ0v) is 16.8. The summed E-state index contributed by atoms with van der Waals surface area (Å²) >= 11 is 0. The molecule has 0 saturated carbocycles. The molecule has 0 radical (unpaired) electrons. The largest absolute Gasteiger partial charge is 0.399 e. The van der Waals surface area contributed by atoms with Gasteiger partial charge in [-0.15, -0.1) is 0 Å². The van der Waals surface area contributed by atoms with Crippen LogP contribution in [0.3, 0.4) is 0 Å². The van der Waals surface area contributed by atoms with Crippen LogP contribution in [0, 0.1) is 0 Å². The molecule has 0 amide bonds. The minimum Gasteiger partial charge on any atom is -0.399 e. The summed E-state index contributed by atoms with van der Waals surface area (Å²) in [7, 11) is 0. The number of rotatable bonds is 14. The molecule has 0 aliphatic heterocycles. The van der Waals surface area contributed by atoms with Gasteiger partial charge in [-0.25, -0.2) is 0 Å². The number of ether oxygens (including phenoxy) is 2. The van der Waals surface area contributed by atoms with Gasteiger partial charge in [0.05, 0.1) is 12.6 Å². The van der Waals surface area contributed by atoms with E-state index in [-0.39, 0.29) is 6.04 Å². The fraction of sp³-hybridized carbons (Fsp3) is 0.455. The second-order valence-corrected chi connectivity index (χ2v) is 6.86. The lowest BCUT2D eigenvalue weighted by atomic mass is 10.2. The topological polar surface area (TPSA) is 94.6 Å². The quantitative estimate of drug-likeness (QED) is 0.290. The summed E-state index contributed by atoms with van der Waals surface area (Å²) in [6.07, 6.45) is 3.10. The van der Waals surface area contributed by atoms with Gasteiger partial charge in [-0.2, -0.15) is 0 Å². The summed E-state index contributed by atoms with van der Waals surface area (Å²) in [4.78, 5) is 0. The minimum atomic E-state index is 0.123. The molecule has 2 rings (SSSR count). The van der Waals surface area contributed by atoms with Crippen molar-refractivity contribution in [3.05, 3.63) is 48.5 Å². The fourth-order valence-corrected chi connectivity index (χ4v) is 2.69. The standard InChI is InChI=1S/C22H34N4O2/c1-2-13-27-14-3-4-15-28-17-22(26-21-11-7-19(24)8-12-21)16-25-20-9-5-18(23)6-10-20/h5-12,22,25-26H,2-4,13-17,23-24H2,1H3. The van der Waals surface area contributed by atoms with Gasteiger partial charge in [-0.05, 0) is 67.8 Å². The average molecular weight is 387 g/mol. The van der Waals surface area contributed by atoms with Crippen molar-refractivity contribution >= 4 is 22.7 Å². The van der Waals surface area contributed by atoms with Crippen molar-refractivity contribution in [3.63, 3.8) is 0 Å². The van der Waals surface area contributed by atoms with E-state index in [1.165, 1.54) is 0 Å². The first-order valence-corrected chi connectivity index (χ1v) is 10.0. The van der Waals surface area contributed by atoms with Crippen molar-refractivity contribution in [2.24, 2.45) is 0 Å². The second kappa shape index (κ2) is 12.9. The van der Waals surface area contributed by atoms with Crippen molar-refractivity contribution in [2.45, 2.75) is 32.2 Å². The third kappa shape index (κ3) is 8.97. The van der Waals surface area contributed by atoms with Crippen LogP contribution in [0.5, 0.6) is 0 Å². The first kappa shape index (κ1) is 21.9. The molecule has 1 atom stereocenters. The lowest BCUT2D eigenvalue weighted by Crippen LogP contribution is -2.33. The highest BCUT2D eigenvalue weighted by Gasteiger charge is 2.09. The summed E-state index contributed by atoms with van der Waals surface area (Å²) in [6.45, 7) is 5.84. The molecule has 2 aromatic carbocycles. The maximum Gasteiger partial charge on any atom is 0.0685 e. The van der Waals surface area contributed by atoms with Crippen LogP contribution >= 0.6 is 0 Å². The molecule has 0 fully saturated rings. The smallest absolute Gasteiger partial charge is 0.0685 e. The van der Waals surface area contributed by atoms with Crippen molar-refractivity contribution in [1.29, 1.82) is 0 Å². The van der Waals surface area contributed by atoms with Crippen LogP contribution in [0.2, 0.25) is 0 Å². The normalized spacial score (nSPS) is 11.9. The summed E-state index contributed by atoms with van der Waals surface area (Å²) in [5, 5.41) is 6.95. The highest BCUT2D eigenvalue weighted by Crippen LogP contribution is 2.14. The Morgan fingerprint density at radius 2 is 1.36 bits per heavy atom. The molecule has 6 heteroatoms. The fourth-order valence-electron chi connectivity index (χ4n) is 2.69. The Morgan fingerprint density at radius 3 is 1.96 bits per heavy atom. The number of nitrogens with one attached hydrogen (secondary N) is 2. The highest BCUT2D eigenvalue weighted by molar-refractivity contribution is 5.53. The van der Waals surface area contributed by atoms with E-state index in [4.69, 9.17) is 20.9 Å². The number of nitrogens with two attached hydrogens (primary N) is 2. The molecule has 6 nitrogen and oxygen atoms in total. The molecule has 154 valence electrons. The maximum atomic E-state index is 5.90. The molecule has 0 aromatic heterocycles. The lowest BCUT2D eigenvalue weighted by Gasteiger charge is -2.21. The summed E-state index contributed by atoms with van der Waals surface area (Å²) < 4.78 is 11.4. The molecule has 0 aliphatic rings. The van der Waals surface area contributed by atoms with Gasteiger partial charge >= 0.3 is 0 Å². The van der Waals surface area contributed by atoms with Crippen molar-refractivity contribution in [1.82, 2.24) is 0 Å². The third-order valence-corrected chi connectivity index (χ3v) is 4.24. The molecule has 28 heavy (non-hydrogen) atoms. The van der Waals surface area contributed by atoms with Gasteiger partial charge < -0.3 is 31.6 Å². The summed E-state index contributed by atoms with van der Waals surface area (Å²) in [6, 6.07) is 15.6. The first-order chi connectivity index (χ1) is 13.7. The van der Waals surface area contributed by atoms with Crippen LogP contribution in [0.25, 0.3) is 0 Å². The van der Waals surface area contributed by atoms with E-state index >= 15 is 0 Å². The van der Waals surface area contributed by atoms with E-state index in [2.05, 4.69) is 17.6 Å². The Bertz CT molecular complexity index is 647. The highest BCUT2D eigenvalue weighted by atomic mass is 16.5. The number of unbranched alkanes of at least 4 members (excludes halogenated alkanes) is 1. The SMILES string of the molecule is CCCOCCCCOCC(CNc1ccc(N)cc1)Nc1ccc(N)cc1. The van der Waals surface area contributed by atoms with Gasteiger partial charge in [0, 0.05) is 49.1 Å². The van der Waals surface area contributed by atoms with E-state index in [9.17, 15) is 0 Å². The van der Waals surface area contributed by atoms with Gasteiger partial charge in [0.15, 0.2) is 0 Å². The number of benzene rings is 2.